The largest absolute Gasteiger partial charge is 0.477 e. The molecular formula is C19H20N2O4. The predicted molar refractivity (Wildman–Crippen MR) is 91.4 cm³/mol. The van der Waals surface area contributed by atoms with Gasteiger partial charge in [-0.15, -0.1) is 0 Å². The summed E-state index contributed by atoms with van der Waals surface area (Å²) in [6.07, 6.45) is 1.87. The predicted octanol–water partition coefficient (Wildman–Crippen LogP) is 2.68. The number of benzene rings is 1. The van der Waals surface area contributed by atoms with Crippen molar-refractivity contribution < 1.29 is 19.4 Å². The number of carbonyl (C=O) groups excluding carboxylic acids is 1. The maximum Gasteiger partial charge on any atom is 0.354 e. The van der Waals surface area contributed by atoms with E-state index in [1.54, 1.807) is 0 Å². The monoisotopic (exact) mass is 340 g/mol. The second-order valence-electron chi connectivity index (χ2n) is 6.03. The van der Waals surface area contributed by atoms with Gasteiger partial charge < -0.3 is 15.2 Å². The van der Waals surface area contributed by atoms with Gasteiger partial charge in [-0.3, -0.25) is 4.79 Å². The third kappa shape index (κ3) is 4.22. The summed E-state index contributed by atoms with van der Waals surface area (Å²) in [5.41, 5.74) is 1.07. The molecule has 2 N–H and O–H groups in total. The summed E-state index contributed by atoms with van der Waals surface area (Å²) in [4.78, 5) is 27.1. The van der Waals surface area contributed by atoms with Gasteiger partial charge >= 0.3 is 5.97 Å². The zero-order valence-electron chi connectivity index (χ0n) is 13.7. The maximum atomic E-state index is 12.3. The van der Waals surface area contributed by atoms with Crippen LogP contribution >= 0.6 is 0 Å². The van der Waals surface area contributed by atoms with Crippen LogP contribution in [0.2, 0.25) is 0 Å². The minimum absolute atomic E-state index is 0.0476. The molecule has 2 unspecified atom stereocenters. The van der Waals surface area contributed by atoms with Crippen molar-refractivity contribution >= 4 is 11.9 Å². The fourth-order valence-corrected chi connectivity index (χ4v) is 3.06. The summed E-state index contributed by atoms with van der Waals surface area (Å²) in [6.45, 7) is 1.17. The number of amides is 1. The highest BCUT2D eigenvalue weighted by Gasteiger charge is 2.27. The first-order chi connectivity index (χ1) is 12.1. The molecule has 1 fully saturated rings. The number of pyridine rings is 1. The van der Waals surface area contributed by atoms with Crippen LogP contribution in [0.1, 0.15) is 45.5 Å². The minimum Gasteiger partial charge on any atom is -0.477 e. The Morgan fingerprint density at radius 3 is 2.64 bits per heavy atom. The van der Waals surface area contributed by atoms with Gasteiger partial charge in [0.25, 0.3) is 5.91 Å². The van der Waals surface area contributed by atoms with Crippen molar-refractivity contribution in [3.05, 3.63) is 65.5 Å². The Bertz CT molecular complexity index is 748. The van der Waals surface area contributed by atoms with Gasteiger partial charge in [-0.25, -0.2) is 9.78 Å². The van der Waals surface area contributed by atoms with Crippen molar-refractivity contribution in [3.8, 4) is 0 Å². The van der Waals surface area contributed by atoms with Crippen molar-refractivity contribution in [1.29, 1.82) is 0 Å². The van der Waals surface area contributed by atoms with Crippen LogP contribution < -0.4 is 5.32 Å². The lowest BCUT2D eigenvalue weighted by Gasteiger charge is -2.32. The van der Waals surface area contributed by atoms with E-state index in [-0.39, 0.29) is 29.3 Å². The molecule has 0 saturated carbocycles. The second kappa shape index (κ2) is 7.90. The van der Waals surface area contributed by atoms with Crippen LogP contribution in [0.15, 0.2) is 48.5 Å². The molecule has 1 aliphatic heterocycles. The van der Waals surface area contributed by atoms with Crippen molar-refractivity contribution in [3.63, 3.8) is 0 Å². The molecule has 0 bridgehead atoms. The fraction of sp³-hybridized carbons (Fsp3) is 0.316. The molecule has 6 nitrogen and oxygen atoms in total. The standard InChI is InChI=1S/C19H20N2O4/c22-18(15-9-4-10-16(21-15)19(23)24)20-12-14-8-5-11-25-17(14)13-6-2-1-3-7-13/h1-4,6-7,9-10,14,17H,5,8,11-12H2,(H,20,22)(H,23,24). The summed E-state index contributed by atoms with van der Waals surface area (Å²) < 4.78 is 5.92. The average Bonchev–Trinajstić information content (AvgIpc) is 2.67. The van der Waals surface area contributed by atoms with E-state index in [0.29, 0.717) is 13.2 Å². The van der Waals surface area contributed by atoms with Crippen LogP contribution in [0, 0.1) is 5.92 Å². The van der Waals surface area contributed by atoms with E-state index in [1.807, 2.05) is 30.3 Å². The number of rotatable bonds is 5. The summed E-state index contributed by atoms with van der Waals surface area (Å²) in [6, 6.07) is 14.4. The molecule has 6 heteroatoms. The molecule has 1 aliphatic rings. The third-order valence-electron chi connectivity index (χ3n) is 4.30. The molecule has 3 rings (SSSR count). The maximum absolute atomic E-state index is 12.3. The lowest BCUT2D eigenvalue weighted by Crippen LogP contribution is -2.35. The highest BCUT2D eigenvalue weighted by Crippen LogP contribution is 2.33. The number of carboxylic acids is 1. The van der Waals surface area contributed by atoms with Crippen molar-refractivity contribution in [2.24, 2.45) is 5.92 Å². The number of nitrogens with zero attached hydrogens (tertiary/aromatic N) is 1. The van der Waals surface area contributed by atoms with E-state index < -0.39 is 5.97 Å². The second-order valence-corrected chi connectivity index (χ2v) is 6.03. The van der Waals surface area contributed by atoms with Gasteiger partial charge in [0.05, 0.1) is 6.10 Å². The molecule has 130 valence electrons. The topological polar surface area (TPSA) is 88.5 Å². The van der Waals surface area contributed by atoms with Gasteiger partial charge in [-0.2, -0.15) is 0 Å². The number of nitrogens with one attached hydrogen (secondary N) is 1. The Morgan fingerprint density at radius 1 is 1.12 bits per heavy atom. The van der Waals surface area contributed by atoms with E-state index in [4.69, 9.17) is 9.84 Å². The van der Waals surface area contributed by atoms with Gasteiger partial charge in [0.1, 0.15) is 11.4 Å². The Kier molecular flexibility index (Phi) is 5.40. The molecule has 2 aromatic rings. The van der Waals surface area contributed by atoms with Crippen molar-refractivity contribution in [2.45, 2.75) is 18.9 Å². The molecule has 0 spiro atoms. The molecule has 1 amide bonds. The number of aromatic carboxylic acids is 1. The highest BCUT2D eigenvalue weighted by atomic mass is 16.5. The number of ether oxygens (including phenoxy) is 1. The van der Waals surface area contributed by atoms with E-state index in [0.717, 1.165) is 18.4 Å². The molecule has 0 radical (unpaired) electrons. The zero-order valence-corrected chi connectivity index (χ0v) is 13.7. The van der Waals surface area contributed by atoms with Crippen molar-refractivity contribution in [1.82, 2.24) is 10.3 Å². The fourth-order valence-electron chi connectivity index (χ4n) is 3.06. The van der Waals surface area contributed by atoms with Gasteiger partial charge in [0, 0.05) is 19.1 Å². The van der Waals surface area contributed by atoms with E-state index in [9.17, 15) is 9.59 Å². The zero-order chi connectivity index (χ0) is 17.6. The summed E-state index contributed by atoms with van der Waals surface area (Å²) in [5, 5.41) is 11.8. The van der Waals surface area contributed by atoms with E-state index >= 15 is 0 Å². The summed E-state index contributed by atoms with van der Waals surface area (Å²) in [5.74, 6) is -1.36. The minimum atomic E-state index is -1.15. The van der Waals surface area contributed by atoms with Crippen LogP contribution in [0.5, 0.6) is 0 Å². The quantitative estimate of drug-likeness (QED) is 0.873. The smallest absolute Gasteiger partial charge is 0.354 e. The molecule has 1 aromatic carbocycles. The van der Waals surface area contributed by atoms with Crippen LogP contribution in [0.4, 0.5) is 0 Å². The Labute approximate surface area is 145 Å². The molecule has 1 saturated heterocycles. The van der Waals surface area contributed by atoms with Crippen molar-refractivity contribution in [2.75, 3.05) is 13.2 Å². The SMILES string of the molecule is O=C(O)c1cccc(C(=O)NCC2CCCOC2c2ccccc2)n1. The highest BCUT2D eigenvalue weighted by molar-refractivity contribution is 5.94. The van der Waals surface area contributed by atoms with Gasteiger partial charge in [0.15, 0.2) is 0 Å². The van der Waals surface area contributed by atoms with Crippen LogP contribution in [-0.4, -0.2) is 35.1 Å². The number of hydrogen-bond donors (Lipinski definition) is 2. The summed E-state index contributed by atoms with van der Waals surface area (Å²) >= 11 is 0. The molecule has 2 atom stereocenters. The molecule has 0 aliphatic carbocycles. The lowest BCUT2D eigenvalue weighted by molar-refractivity contribution is -0.0272. The molecule has 25 heavy (non-hydrogen) atoms. The number of hydrogen-bond acceptors (Lipinski definition) is 4. The van der Waals surface area contributed by atoms with Gasteiger partial charge in [-0.1, -0.05) is 36.4 Å². The Morgan fingerprint density at radius 2 is 1.88 bits per heavy atom. The number of carboxylic acid groups (broad SMARTS) is 1. The first-order valence-electron chi connectivity index (χ1n) is 8.30. The Hall–Kier alpha value is -2.73. The first kappa shape index (κ1) is 17.1. The molecular weight excluding hydrogens is 320 g/mol. The normalized spacial score (nSPS) is 20.0. The third-order valence-corrected chi connectivity index (χ3v) is 4.30. The van der Waals surface area contributed by atoms with E-state index in [2.05, 4.69) is 10.3 Å². The van der Waals surface area contributed by atoms with Crippen LogP contribution in [-0.2, 0) is 4.74 Å². The van der Waals surface area contributed by atoms with Gasteiger partial charge in [-0.05, 0) is 30.5 Å². The van der Waals surface area contributed by atoms with Crippen LogP contribution in [0.25, 0.3) is 0 Å². The Balaban J connectivity index is 1.66. The average molecular weight is 340 g/mol. The number of carbonyl (C=O) groups is 2. The van der Waals surface area contributed by atoms with E-state index in [1.165, 1.54) is 18.2 Å². The molecule has 2 heterocycles. The summed E-state index contributed by atoms with van der Waals surface area (Å²) in [7, 11) is 0. The first-order valence-corrected chi connectivity index (χ1v) is 8.30. The van der Waals surface area contributed by atoms with Gasteiger partial charge in [0.2, 0.25) is 0 Å². The lowest BCUT2D eigenvalue weighted by atomic mass is 9.89. The number of aromatic nitrogens is 1. The molecule has 1 aromatic heterocycles. The van der Waals surface area contributed by atoms with Crippen LogP contribution in [0.3, 0.4) is 0 Å².